The number of hydrogen-bond acceptors (Lipinski definition) is 8. The molecule has 0 radical (unpaired) electrons. The number of halogens is 1. The Morgan fingerprint density at radius 3 is 2.71 bits per heavy atom. The molecular weight excluding hydrogens is 523 g/mol. The lowest BCUT2D eigenvalue weighted by Crippen LogP contribution is -2.65. The minimum Gasteiger partial charge on any atom is -0.490 e. The average Bonchev–Trinajstić information content (AvgIpc) is 2.91. The number of benzene rings is 1. The van der Waals surface area contributed by atoms with Crippen molar-refractivity contribution in [2.24, 2.45) is 5.41 Å². The molecule has 2 fully saturated rings. The zero-order valence-electron chi connectivity index (χ0n) is 24.2. The summed E-state index contributed by atoms with van der Waals surface area (Å²) in [5, 5.41) is 6.04. The first kappa shape index (κ1) is 28.7. The third kappa shape index (κ3) is 6.59. The number of carbonyl (C=O) groups excluding carboxylic acids is 1. The summed E-state index contributed by atoms with van der Waals surface area (Å²) in [5.74, 6) is 2.73. The molecule has 41 heavy (non-hydrogen) atoms. The first-order chi connectivity index (χ1) is 19.8. The molecule has 1 unspecified atom stereocenters. The van der Waals surface area contributed by atoms with Gasteiger partial charge in [-0.3, -0.25) is 9.78 Å². The third-order valence-electron chi connectivity index (χ3n) is 7.88. The van der Waals surface area contributed by atoms with Crippen LogP contribution in [0.3, 0.4) is 0 Å². The van der Waals surface area contributed by atoms with Gasteiger partial charge in [-0.2, -0.15) is 0 Å². The molecule has 1 amide bonds. The quantitative estimate of drug-likeness (QED) is 0.385. The van der Waals surface area contributed by atoms with E-state index in [0.29, 0.717) is 30.4 Å². The maximum Gasteiger partial charge on any atom is 0.207 e. The van der Waals surface area contributed by atoms with Crippen LogP contribution in [-0.2, 0) is 24.2 Å². The monoisotopic (exact) mass is 562 g/mol. The number of amides is 1. The molecule has 4 heterocycles. The highest BCUT2D eigenvalue weighted by atomic mass is 19.1. The molecular formula is C31H39FN6O3. The Morgan fingerprint density at radius 2 is 2.00 bits per heavy atom. The zero-order valence-corrected chi connectivity index (χ0v) is 24.2. The third-order valence-corrected chi connectivity index (χ3v) is 7.88. The van der Waals surface area contributed by atoms with Crippen LogP contribution >= 0.6 is 0 Å². The van der Waals surface area contributed by atoms with Crippen LogP contribution in [0.2, 0.25) is 0 Å². The molecule has 3 aromatic rings. The van der Waals surface area contributed by atoms with Crippen molar-refractivity contribution in [3.05, 3.63) is 65.6 Å². The number of rotatable bonds is 8. The molecule has 9 nitrogen and oxygen atoms in total. The molecule has 1 saturated carbocycles. The fourth-order valence-electron chi connectivity index (χ4n) is 5.77. The molecule has 1 aliphatic carbocycles. The smallest absolute Gasteiger partial charge is 0.207 e. The topological polar surface area (TPSA) is 102 Å². The molecule has 1 saturated heterocycles. The second kappa shape index (κ2) is 12.4. The van der Waals surface area contributed by atoms with Gasteiger partial charge in [0.25, 0.3) is 0 Å². The second-order valence-electron chi connectivity index (χ2n) is 11.6. The van der Waals surface area contributed by atoms with E-state index in [1.807, 2.05) is 33.0 Å². The Morgan fingerprint density at radius 1 is 1.20 bits per heavy atom. The van der Waals surface area contributed by atoms with Crippen LogP contribution < -0.4 is 25.0 Å². The van der Waals surface area contributed by atoms with E-state index in [9.17, 15) is 9.18 Å². The molecule has 2 N–H and O–H groups in total. The van der Waals surface area contributed by atoms with E-state index >= 15 is 0 Å². The fraction of sp³-hybridized carbons (Fsp3) is 0.484. The van der Waals surface area contributed by atoms with Gasteiger partial charge < -0.3 is 25.0 Å². The highest BCUT2D eigenvalue weighted by Crippen LogP contribution is 2.52. The van der Waals surface area contributed by atoms with E-state index in [-0.39, 0.29) is 23.4 Å². The second-order valence-corrected chi connectivity index (χ2v) is 11.6. The number of ether oxygens (including phenoxy) is 2. The Hall–Kier alpha value is -3.79. The van der Waals surface area contributed by atoms with Gasteiger partial charge in [-0.05, 0) is 69.9 Å². The first-order valence-corrected chi connectivity index (χ1v) is 14.4. The Kier molecular flexibility index (Phi) is 8.68. The standard InChI is InChI=1S/C27H30FN5O2.C4H9NO/c1-3-18-9-19(28)4-5-23(18)35-25-13-29-16-32-26(25)33-14-27(15-33)10-20(11-27)34-24-6-7-30-22-8-17(2)31-12-21(22)24;1-4(2)5-3-6/h4-7,9,13,16-17,20,31H,3,8,10-12,14-15H2,1-2H3;3-4H,1-2H3,(H,5,6). The fourth-order valence-corrected chi connectivity index (χ4v) is 5.77. The summed E-state index contributed by atoms with van der Waals surface area (Å²) in [6.07, 6.45) is 9.72. The minimum atomic E-state index is -0.261. The number of aryl methyl sites for hydroxylation is 1. The molecule has 0 bridgehead atoms. The lowest BCUT2D eigenvalue weighted by Gasteiger charge is -2.59. The molecule has 10 heteroatoms. The van der Waals surface area contributed by atoms with Crippen molar-refractivity contribution >= 4 is 12.2 Å². The predicted octanol–water partition coefficient (Wildman–Crippen LogP) is 4.59. The number of fused-ring (bicyclic) bond motifs is 1. The van der Waals surface area contributed by atoms with Crippen LogP contribution in [0, 0.1) is 11.2 Å². The molecule has 1 atom stereocenters. The number of aromatic nitrogens is 3. The van der Waals surface area contributed by atoms with Gasteiger partial charge in [0, 0.05) is 55.3 Å². The van der Waals surface area contributed by atoms with Crippen molar-refractivity contribution in [1.29, 1.82) is 0 Å². The van der Waals surface area contributed by atoms with Crippen LogP contribution in [0.15, 0.2) is 43.0 Å². The molecule has 2 aliphatic heterocycles. The normalized spacial score (nSPS) is 18.9. The van der Waals surface area contributed by atoms with Gasteiger partial charge >= 0.3 is 0 Å². The summed E-state index contributed by atoms with van der Waals surface area (Å²) in [7, 11) is 0. The maximum atomic E-state index is 13.6. The van der Waals surface area contributed by atoms with Crippen molar-refractivity contribution in [2.75, 3.05) is 18.0 Å². The van der Waals surface area contributed by atoms with Crippen LogP contribution in [-0.4, -0.2) is 52.6 Å². The Bertz CT molecular complexity index is 1360. The van der Waals surface area contributed by atoms with E-state index < -0.39 is 0 Å². The highest BCUT2D eigenvalue weighted by molar-refractivity contribution is 5.56. The Balaban J connectivity index is 0.000000511. The van der Waals surface area contributed by atoms with Gasteiger partial charge in [-0.1, -0.05) is 6.92 Å². The SMILES string of the molecule is CC(C)NC=O.CCc1cc(F)ccc1Oc1cncnc1N1CC2(CC(Oc3ccnc4c3CNC(C)C4)C2)C1. The van der Waals surface area contributed by atoms with Crippen molar-refractivity contribution in [1.82, 2.24) is 25.6 Å². The van der Waals surface area contributed by atoms with Crippen molar-refractivity contribution in [2.45, 2.75) is 78.1 Å². The van der Waals surface area contributed by atoms with E-state index in [1.165, 1.54) is 17.7 Å². The van der Waals surface area contributed by atoms with Gasteiger partial charge in [0.1, 0.15) is 29.7 Å². The molecule has 1 spiro atoms. The van der Waals surface area contributed by atoms with E-state index in [4.69, 9.17) is 9.47 Å². The highest BCUT2D eigenvalue weighted by Gasteiger charge is 2.54. The molecule has 1 aromatic carbocycles. The summed E-state index contributed by atoms with van der Waals surface area (Å²) < 4.78 is 26.2. The molecule has 3 aliphatic rings. The number of anilines is 1. The summed E-state index contributed by atoms with van der Waals surface area (Å²) in [5.41, 5.74) is 3.44. The molecule has 218 valence electrons. The zero-order chi connectivity index (χ0) is 29.0. The molecule has 2 aromatic heterocycles. The van der Waals surface area contributed by atoms with E-state index in [2.05, 4.69) is 37.4 Å². The minimum absolute atomic E-state index is 0.232. The lowest BCUT2D eigenvalue weighted by molar-refractivity contribution is -0.109. The van der Waals surface area contributed by atoms with E-state index in [0.717, 1.165) is 61.7 Å². The van der Waals surface area contributed by atoms with Gasteiger partial charge in [-0.15, -0.1) is 0 Å². The van der Waals surface area contributed by atoms with Crippen LogP contribution in [0.1, 0.15) is 57.4 Å². The van der Waals surface area contributed by atoms with Crippen molar-refractivity contribution in [3.8, 4) is 17.2 Å². The number of pyridine rings is 1. The van der Waals surface area contributed by atoms with Crippen molar-refractivity contribution < 1.29 is 18.7 Å². The summed E-state index contributed by atoms with van der Waals surface area (Å²) >= 11 is 0. The van der Waals surface area contributed by atoms with Crippen molar-refractivity contribution in [3.63, 3.8) is 0 Å². The van der Waals surface area contributed by atoms with E-state index in [1.54, 1.807) is 18.6 Å². The summed E-state index contributed by atoms with van der Waals surface area (Å²) in [4.78, 5) is 25.0. The number of hydrogen-bond donors (Lipinski definition) is 2. The number of nitrogens with zero attached hydrogens (tertiary/aromatic N) is 4. The van der Waals surface area contributed by atoms with Crippen LogP contribution in [0.5, 0.6) is 17.2 Å². The number of nitrogens with one attached hydrogen (secondary N) is 2. The summed E-state index contributed by atoms with van der Waals surface area (Å²) in [6, 6.07) is 7.33. The predicted molar refractivity (Wildman–Crippen MR) is 155 cm³/mol. The van der Waals surface area contributed by atoms with Gasteiger partial charge in [-0.25, -0.2) is 14.4 Å². The average molecular weight is 563 g/mol. The van der Waals surface area contributed by atoms with Crippen LogP contribution in [0.4, 0.5) is 10.2 Å². The van der Waals surface area contributed by atoms with Crippen LogP contribution in [0.25, 0.3) is 0 Å². The number of carbonyl (C=O) groups is 1. The lowest BCUT2D eigenvalue weighted by atomic mass is 9.61. The first-order valence-electron chi connectivity index (χ1n) is 14.4. The van der Waals surface area contributed by atoms with Gasteiger partial charge in [0.15, 0.2) is 11.6 Å². The maximum absolute atomic E-state index is 13.6. The van der Waals surface area contributed by atoms with Gasteiger partial charge in [0.2, 0.25) is 6.41 Å². The molecule has 6 rings (SSSR count). The largest absolute Gasteiger partial charge is 0.490 e. The Labute approximate surface area is 240 Å². The van der Waals surface area contributed by atoms with Gasteiger partial charge in [0.05, 0.1) is 11.9 Å². The summed E-state index contributed by atoms with van der Waals surface area (Å²) in [6.45, 7) is 10.6.